The number of carbonyl (C=O) groups excluding carboxylic acids is 2. The molecule has 1 heterocycles. The van der Waals surface area contributed by atoms with E-state index >= 15 is 0 Å². The number of hydrogen-bond donors (Lipinski definition) is 1. The molecular weight excluding hydrogens is 331 g/mol. The molecule has 1 fully saturated rings. The number of likely N-dealkylation sites (tertiary alicyclic amines) is 1. The number of nitrogens with zero attached hydrogens (tertiary/aromatic N) is 1. The van der Waals surface area contributed by atoms with Crippen molar-refractivity contribution < 1.29 is 14.0 Å². The Morgan fingerprint density at radius 2 is 1.92 bits per heavy atom. The molecule has 136 valence electrons. The Hall–Kier alpha value is -2.69. The number of anilines is 1. The summed E-state index contributed by atoms with van der Waals surface area (Å²) in [4.78, 5) is 26.3. The summed E-state index contributed by atoms with van der Waals surface area (Å²) >= 11 is 0. The summed E-state index contributed by atoms with van der Waals surface area (Å²) < 4.78 is 13.7. The first kappa shape index (κ1) is 18.1. The Morgan fingerprint density at radius 3 is 2.62 bits per heavy atom. The van der Waals surface area contributed by atoms with Crippen molar-refractivity contribution in [3.63, 3.8) is 0 Å². The number of aryl methyl sites for hydroxylation is 1. The minimum atomic E-state index is -0.367. The van der Waals surface area contributed by atoms with Crippen LogP contribution in [0.25, 0.3) is 0 Å². The van der Waals surface area contributed by atoms with Gasteiger partial charge in [0.1, 0.15) is 5.82 Å². The summed E-state index contributed by atoms with van der Waals surface area (Å²) in [6.45, 7) is 2.88. The zero-order chi connectivity index (χ0) is 18.5. The van der Waals surface area contributed by atoms with E-state index in [2.05, 4.69) is 12.2 Å². The average molecular weight is 354 g/mol. The largest absolute Gasteiger partial charge is 0.342 e. The number of carbonyl (C=O) groups is 2. The predicted octanol–water partition coefficient (Wildman–Crippen LogP) is 3.42. The van der Waals surface area contributed by atoms with Crippen LogP contribution in [-0.2, 0) is 22.4 Å². The maximum absolute atomic E-state index is 13.7. The third-order valence-electron chi connectivity index (χ3n) is 4.82. The maximum atomic E-state index is 13.7. The summed E-state index contributed by atoms with van der Waals surface area (Å²) in [5.41, 5.74) is 2.53. The summed E-state index contributed by atoms with van der Waals surface area (Å²) in [5, 5.41) is 2.88. The van der Waals surface area contributed by atoms with Crippen LogP contribution in [0, 0.1) is 11.7 Å². The Balaban J connectivity index is 1.54. The van der Waals surface area contributed by atoms with E-state index in [4.69, 9.17) is 0 Å². The number of nitrogens with one attached hydrogen (secondary N) is 1. The highest BCUT2D eigenvalue weighted by Crippen LogP contribution is 2.21. The number of halogens is 1. The molecular formula is C21H23FN2O2. The minimum absolute atomic E-state index is 0.0529. The Kier molecular flexibility index (Phi) is 5.66. The monoisotopic (exact) mass is 354 g/mol. The molecule has 5 heteroatoms. The van der Waals surface area contributed by atoms with Gasteiger partial charge in [-0.15, -0.1) is 0 Å². The number of benzene rings is 2. The fourth-order valence-electron chi connectivity index (χ4n) is 3.19. The van der Waals surface area contributed by atoms with Crippen molar-refractivity contribution in [1.29, 1.82) is 0 Å². The van der Waals surface area contributed by atoms with Gasteiger partial charge in [0, 0.05) is 25.2 Å². The summed E-state index contributed by atoms with van der Waals surface area (Å²) in [5.74, 6) is -0.822. The fourth-order valence-corrected chi connectivity index (χ4v) is 3.19. The molecule has 2 aromatic rings. The molecule has 0 saturated carbocycles. The maximum Gasteiger partial charge on any atom is 0.229 e. The first-order chi connectivity index (χ1) is 12.6. The summed E-state index contributed by atoms with van der Waals surface area (Å²) in [6, 6.07) is 14.3. The summed E-state index contributed by atoms with van der Waals surface area (Å²) in [7, 11) is 0. The van der Waals surface area contributed by atoms with Crippen LogP contribution in [0.1, 0.15) is 24.5 Å². The number of hydrogen-bond acceptors (Lipinski definition) is 2. The van der Waals surface area contributed by atoms with E-state index in [1.165, 1.54) is 11.6 Å². The lowest BCUT2D eigenvalue weighted by atomic mass is 10.1. The van der Waals surface area contributed by atoms with Crippen LogP contribution in [0.5, 0.6) is 0 Å². The SMILES string of the molecule is CCc1ccc(NC(=O)C2CC(=O)N(CCc3ccccc3F)C2)cc1. The van der Waals surface area contributed by atoms with Crippen LogP contribution in [0.2, 0.25) is 0 Å². The van der Waals surface area contributed by atoms with Crippen molar-refractivity contribution in [1.82, 2.24) is 4.90 Å². The van der Waals surface area contributed by atoms with E-state index in [-0.39, 0.29) is 30.0 Å². The third-order valence-corrected chi connectivity index (χ3v) is 4.82. The average Bonchev–Trinajstić information content (AvgIpc) is 3.03. The molecule has 0 bridgehead atoms. The van der Waals surface area contributed by atoms with Gasteiger partial charge in [0.2, 0.25) is 11.8 Å². The Labute approximate surface area is 153 Å². The first-order valence-electron chi connectivity index (χ1n) is 8.97. The molecule has 2 amide bonds. The lowest BCUT2D eigenvalue weighted by molar-refractivity contribution is -0.128. The van der Waals surface area contributed by atoms with Gasteiger partial charge in [-0.3, -0.25) is 9.59 Å². The second kappa shape index (κ2) is 8.13. The van der Waals surface area contributed by atoms with Gasteiger partial charge in [0.15, 0.2) is 0 Å². The number of amides is 2. The molecule has 1 atom stereocenters. The molecule has 1 N–H and O–H groups in total. The second-order valence-corrected chi connectivity index (χ2v) is 6.62. The first-order valence-corrected chi connectivity index (χ1v) is 8.97. The van der Waals surface area contributed by atoms with Gasteiger partial charge in [0.25, 0.3) is 0 Å². The van der Waals surface area contributed by atoms with Crippen LogP contribution in [-0.4, -0.2) is 29.8 Å². The molecule has 3 rings (SSSR count). The van der Waals surface area contributed by atoms with Crippen LogP contribution in [0.3, 0.4) is 0 Å². The molecule has 1 aliphatic rings. The standard InChI is InChI=1S/C21H23FN2O2/c1-2-15-7-9-18(10-8-15)23-21(26)17-13-20(25)24(14-17)12-11-16-5-3-4-6-19(16)22/h3-10,17H,2,11-14H2,1H3,(H,23,26). The van der Waals surface area contributed by atoms with Crippen molar-refractivity contribution in [3.05, 3.63) is 65.5 Å². The van der Waals surface area contributed by atoms with Crippen molar-refractivity contribution in [2.45, 2.75) is 26.2 Å². The molecule has 2 aromatic carbocycles. The lowest BCUT2D eigenvalue weighted by Crippen LogP contribution is -2.30. The molecule has 0 radical (unpaired) electrons. The fraction of sp³-hybridized carbons (Fsp3) is 0.333. The highest BCUT2D eigenvalue weighted by molar-refractivity contribution is 5.97. The molecule has 1 saturated heterocycles. The highest BCUT2D eigenvalue weighted by Gasteiger charge is 2.34. The molecule has 0 aliphatic carbocycles. The molecule has 26 heavy (non-hydrogen) atoms. The van der Waals surface area contributed by atoms with Gasteiger partial charge in [0.05, 0.1) is 5.92 Å². The van der Waals surface area contributed by atoms with E-state index in [9.17, 15) is 14.0 Å². The van der Waals surface area contributed by atoms with E-state index < -0.39 is 0 Å². The molecule has 1 aliphatic heterocycles. The zero-order valence-corrected chi connectivity index (χ0v) is 14.9. The van der Waals surface area contributed by atoms with E-state index in [0.29, 0.717) is 25.1 Å². The molecule has 0 spiro atoms. The smallest absolute Gasteiger partial charge is 0.229 e. The lowest BCUT2D eigenvalue weighted by Gasteiger charge is -2.17. The molecule has 0 aromatic heterocycles. The van der Waals surface area contributed by atoms with Crippen LogP contribution >= 0.6 is 0 Å². The van der Waals surface area contributed by atoms with Crippen molar-refractivity contribution in [2.24, 2.45) is 5.92 Å². The van der Waals surface area contributed by atoms with Gasteiger partial charge in [-0.2, -0.15) is 0 Å². The van der Waals surface area contributed by atoms with Gasteiger partial charge in [-0.1, -0.05) is 37.3 Å². The second-order valence-electron chi connectivity index (χ2n) is 6.62. The van der Waals surface area contributed by atoms with Crippen LogP contribution < -0.4 is 5.32 Å². The van der Waals surface area contributed by atoms with Crippen LogP contribution in [0.15, 0.2) is 48.5 Å². The van der Waals surface area contributed by atoms with E-state index in [1.807, 2.05) is 24.3 Å². The Bertz CT molecular complexity index is 789. The van der Waals surface area contributed by atoms with E-state index in [0.717, 1.165) is 12.1 Å². The molecule has 4 nitrogen and oxygen atoms in total. The topological polar surface area (TPSA) is 49.4 Å². The van der Waals surface area contributed by atoms with Crippen LogP contribution in [0.4, 0.5) is 10.1 Å². The Morgan fingerprint density at radius 1 is 1.19 bits per heavy atom. The third kappa shape index (κ3) is 4.28. The molecule has 1 unspecified atom stereocenters. The predicted molar refractivity (Wildman–Crippen MR) is 99.2 cm³/mol. The van der Waals surface area contributed by atoms with Crippen molar-refractivity contribution >= 4 is 17.5 Å². The normalized spacial score (nSPS) is 16.8. The number of rotatable bonds is 6. The van der Waals surface area contributed by atoms with E-state index in [1.54, 1.807) is 23.1 Å². The zero-order valence-electron chi connectivity index (χ0n) is 14.9. The van der Waals surface area contributed by atoms with Gasteiger partial charge in [-0.05, 0) is 42.2 Å². The van der Waals surface area contributed by atoms with Gasteiger partial charge in [-0.25, -0.2) is 4.39 Å². The minimum Gasteiger partial charge on any atom is -0.342 e. The van der Waals surface area contributed by atoms with Gasteiger partial charge >= 0.3 is 0 Å². The highest BCUT2D eigenvalue weighted by atomic mass is 19.1. The van der Waals surface area contributed by atoms with Crippen molar-refractivity contribution in [2.75, 3.05) is 18.4 Å². The van der Waals surface area contributed by atoms with Crippen molar-refractivity contribution in [3.8, 4) is 0 Å². The summed E-state index contributed by atoms with van der Waals surface area (Å²) in [6.07, 6.45) is 1.60. The van der Waals surface area contributed by atoms with Gasteiger partial charge < -0.3 is 10.2 Å². The quantitative estimate of drug-likeness (QED) is 0.864.